The largest absolute Gasteiger partial charge is 0.247 e. The minimum Gasteiger partial charge on any atom is -0.247 e. The zero-order valence-electron chi connectivity index (χ0n) is 7.76. The molecule has 1 atom stereocenters. The van der Waals surface area contributed by atoms with Crippen molar-refractivity contribution in [3.05, 3.63) is 54.5 Å². The Morgan fingerprint density at radius 3 is 2.40 bits per heavy atom. The standard InChI is InChI=1S/C11H8FNOS/c12-9-4-6-10(7-5-9)15(14)11-3-1-2-8-13-11/h1-8H. The topological polar surface area (TPSA) is 30.0 Å². The second kappa shape index (κ2) is 4.31. The van der Waals surface area contributed by atoms with Crippen LogP contribution in [0.3, 0.4) is 0 Å². The van der Waals surface area contributed by atoms with E-state index in [1.54, 1.807) is 24.4 Å². The van der Waals surface area contributed by atoms with Crippen molar-refractivity contribution in [2.24, 2.45) is 0 Å². The van der Waals surface area contributed by atoms with Crippen molar-refractivity contribution >= 4 is 10.8 Å². The van der Waals surface area contributed by atoms with Crippen LogP contribution in [-0.4, -0.2) is 9.19 Å². The van der Waals surface area contributed by atoms with Gasteiger partial charge in [-0.15, -0.1) is 0 Å². The van der Waals surface area contributed by atoms with E-state index in [-0.39, 0.29) is 5.82 Å². The van der Waals surface area contributed by atoms with Gasteiger partial charge in [-0.2, -0.15) is 0 Å². The van der Waals surface area contributed by atoms with E-state index in [0.717, 1.165) is 0 Å². The van der Waals surface area contributed by atoms with Crippen LogP contribution < -0.4 is 0 Å². The summed E-state index contributed by atoms with van der Waals surface area (Å²) in [6, 6.07) is 10.8. The first-order valence-corrected chi connectivity index (χ1v) is 5.51. The number of hydrogen-bond acceptors (Lipinski definition) is 2. The Morgan fingerprint density at radius 2 is 1.80 bits per heavy atom. The van der Waals surface area contributed by atoms with Crippen molar-refractivity contribution in [1.29, 1.82) is 0 Å². The molecule has 1 aromatic heterocycles. The molecule has 1 unspecified atom stereocenters. The van der Waals surface area contributed by atoms with E-state index in [9.17, 15) is 8.60 Å². The Hall–Kier alpha value is -1.55. The van der Waals surface area contributed by atoms with Gasteiger partial charge in [0.25, 0.3) is 0 Å². The van der Waals surface area contributed by atoms with Crippen LogP contribution in [0.25, 0.3) is 0 Å². The van der Waals surface area contributed by atoms with Crippen molar-refractivity contribution in [2.75, 3.05) is 0 Å². The van der Waals surface area contributed by atoms with Gasteiger partial charge in [-0.05, 0) is 36.4 Å². The van der Waals surface area contributed by atoms with E-state index in [2.05, 4.69) is 4.98 Å². The normalized spacial score (nSPS) is 12.3. The number of benzene rings is 1. The summed E-state index contributed by atoms with van der Waals surface area (Å²) in [5.74, 6) is -0.336. The number of hydrogen-bond donors (Lipinski definition) is 0. The first-order chi connectivity index (χ1) is 7.27. The number of halogens is 1. The number of pyridine rings is 1. The monoisotopic (exact) mass is 221 g/mol. The van der Waals surface area contributed by atoms with Crippen molar-refractivity contribution in [2.45, 2.75) is 9.92 Å². The summed E-state index contributed by atoms with van der Waals surface area (Å²) in [5.41, 5.74) is 0. The quantitative estimate of drug-likeness (QED) is 0.779. The zero-order chi connectivity index (χ0) is 10.7. The van der Waals surface area contributed by atoms with Gasteiger partial charge in [-0.3, -0.25) is 0 Å². The molecule has 0 aliphatic carbocycles. The third-order valence-electron chi connectivity index (χ3n) is 1.86. The van der Waals surface area contributed by atoms with Crippen LogP contribution >= 0.6 is 0 Å². The highest BCUT2D eigenvalue weighted by molar-refractivity contribution is 7.85. The lowest BCUT2D eigenvalue weighted by Gasteiger charge is -2.00. The van der Waals surface area contributed by atoms with E-state index >= 15 is 0 Å². The lowest BCUT2D eigenvalue weighted by molar-refractivity contribution is 0.626. The molecule has 15 heavy (non-hydrogen) atoms. The maximum atomic E-state index is 12.6. The van der Waals surface area contributed by atoms with E-state index in [1.807, 2.05) is 0 Å². The molecule has 0 N–H and O–H groups in total. The van der Waals surface area contributed by atoms with Gasteiger partial charge in [-0.25, -0.2) is 13.6 Å². The van der Waals surface area contributed by atoms with Crippen LogP contribution in [0.5, 0.6) is 0 Å². The highest BCUT2D eigenvalue weighted by Crippen LogP contribution is 2.13. The summed E-state index contributed by atoms with van der Waals surface area (Å²) in [6.45, 7) is 0. The number of nitrogens with zero attached hydrogens (tertiary/aromatic N) is 1. The Morgan fingerprint density at radius 1 is 1.07 bits per heavy atom. The molecule has 0 bridgehead atoms. The average Bonchev–Trinajstić information content (AvgIpc) is 2.30. The van der Waals surface area contributed by atoms with Crippen molar-refractivity contribution < 1.29 is 8.60 Å². The second-order valence-electron chi connectivity index (χ2n) is 2.89. The molecule has 0 saturated heterocycles. The van der Waals surface area contributed by atoms with E-state index in [0.29, 0.717) is 9.92 Å². The molecular formula is C11H8FNOS. The predicted octanol–water partition coefficient (Wildman–Crippen LogP) is 2.39. The molecule has 1 aromatic carbocycles. The number of aromatic nitrogens is 1. The smallest absolute Gasteiger partial charge is 0.132 e. The lowest BCUT2D eigenvalue weighted by Crippen LogP contribution is -1.95. The fraction of sp³-hybridized carbons (Fsp3) is 0. The molecule has 4 heteroatoms. The number of rotatable bonds is 2. The summed E-state index contributed by atoms with van der Waals surface area (Å²) in [4.78, 5) is 4.53. The van der Waals surface area contributed by atoms with Crippen molar-refractivity contribution in [3.8, 4) is 0 Å². The molecule has 1 heterocycles. The molecule has 2 nitrogen and oxygen atoms in total. The van der Waals surface area contributed by atoms with Gasteiger partial charge in [0.1, 0.15) is 21.6 Å². The third-order valence-corrected chi connectivity index (χ3v) is 3.18. The molecule has 2 rings (SSSR count). The molecule has 0 amide bonds. The van der Waals surface area contributed by atoms with Crippen LogP contribution in [0.4, 0.5) is 4.39 Å². The zero-order valence-corrected chi connectivity index (χ0v) is 8.58. The average molecular weight is 221 g/mol. The van der Waals surface area contributed by atoms with E-state index in [4.69, 9.17) is 0 Å². The summed E-state index contributed by atoms with van der Waals surface area (Å²) >= 11 is 0. The van der Waals surface area contributed by atoms with Crippen LogP contribution in [0, 0.1) is 5.82 Å². The molecule has 0 spiro atoms. The first kappa shape index (κ1) is 9.98. The van der Waals surface area contributed by atoms with Gasteiger partial charge in [0, 0.05) is 11.1 Å². The highest BCUT2D eigenvalue weighted by atomic mass is 32.2. The molecular weight excluding hydrogens is 213 g/mol. The van der Waals surface area contributed by atoms with Crippen LogP contribution in [0.1, 0.15) is 0 Å². The Kier molecular flexibility index (Phi) is 2.87. The van der Waals surface area contributed by atoms with E-state index in [1.165, 1.54) is 24.3 Å². The van der Waals surface area contributed by atoms with Gasteiger partial charge < -0.3 is 0 Å². The second-order valence-corrected chi connectivity index (χ2v) is 4.32. The Balaban J connectivity index is 2.33. The third kappa shape index (κ3) is 2.27. The minimum absolute atomic E-state index is 0.336. The van der Waals surface area contributed by atoms with Crippen LogP contribution in [0.2, 0.25) is 0 Å². The fourth-order valence-electron chi connectivity index (χ4n) is 1.14. The van der Waals surface area contributed by atoms with Gasteiger partial charge in [0.2, 0.25) is 0 Å². The van der Waals surface area contributed by atoms with Crippen molar-refractivity contribution in [3.63, 3.8) is 0 Å². The first-order valence-electron chi connectivity index (χ1n) is 4.36. The maximum Gasteiger partial charge on any atom is 0.132 e. The Bertz CT molecular complexity index is 470. The van der Waals surface area contributed by atoms with Crippen molar-refractivity contribution in [1.82, 2.24) is 4.98 Å². The highest BCUT2D eigenvalue weighted by Gasteiger charge is 2.07. The summed E-state index contributed by atoms with van der Waals surface area (Å²) in [7, 11) is -1.33. The molecule has 0 aliphatic heterocycles. The SMILES string of the molecule is O=S(c1ccc(F)cc1)c1ccccn1. The molecule has 2 aromatic rings. The lowest BCUT2D eigenvalue weighted by atomic mass is 10.4. The van der Waals surface area contributed by atoms with Crippen LogP contribution in [-0.2, 0) is 10.8 Å². The summed E-state index contributed by atoms with van der Waals surface area (Å²) in [5, 5.41) is 0.476. The molecule has 0 saturated carbocycles. The summed E-state index contributed by atoms with van der Waals surface area (Å²) in [6.07, 6.45) is 1.58. The molecule has 0 aliphatic rings. The predicted molar refractivity (Wildman–Crippen MR) is 55.3 cm³/mol. The molecule has 0 fully saturated rings. The summed E-state index contributed by atoms with van der Waals surface area (Å²) < 4.78 is 24.5. The Labute approximate surface area is 89.2 Å². The molecule has 0 radical (unpaired) electrons. The maximum absolute atomic E-state index is 12.6. The minimum atomic E-state index is -1.33. The molecule has 76 valence electrons. The van der Waals surface area contributed by atoms with Crippen LogP contribution in [0.15, 0.2) is 58.6 Å². The fourth-order valence-corrected chi connectivity index (χ4v) is 2.12. The van der Waals surface area contributed by atoms with Gasteiger partial charge in [0.05, 0.1) is 0 Å². The van der Waals surface area contributed by atoms with E-state index < -0.39 is 10.8 Å². The van der Waals surface area contributed by atoms with Gasteiger partial charge in [-0.1, -0.05) is 6.07 Å². The van der Waals surface area contributed by atoms with Gasteiger partial charge in [0.15, 0.2) is 0 Å². The van der Waals surface area contributed by atoms with Gasteiger partial charge >= 0.3 is 0 Å².